The number of carbonyl (C=O) groups is 1. The molecule has 2 aromatic rings. The first-order valence-electron chi connectivity index (χ1n) is 12.3. The second-order valence-corrected chi connectivity index (χ2v) is 11.7. The Hall–Kier alpha value is -2.29. The number of anilines is 1. The van der Waals surface area contributed by atoms with Gasteiger partial charge in [-0.25, -0.2) is 19.2 Å². The predicted molar refractivity (Wildman–Crippen MR) is 148 cm³/mol. The Kier molecular flexibility index (Phi) is 9.74. The summed E-state index contributed by atoms with van der Waals surface area (Å²) in [6.07, 6.45) is 1.21. The fourth-order valence-electron chi connectivity index (χ4n) is 4.87. The zero-order valence-electron chi connectivity index (χ0n) is 21.3. The van der Waals surface area contributed by atoms with Gasteiger partial charge < -0.3 is 14.4 Å². The van der Waals surface area contributed by atoms with Gasteiger partial charge in [0.25, 0.3) is 5.56 Å². The molecule has 1 saturated heterocycles. The summed E-state index contributed by atoms with van der Waals surface area (Å²) in [4.78, 5) is 57.1. The second-order valence-electron chi connectivity index (χ2n) is 9.31. The summed E-state index contributed by atoms with van der Waals surface area (Å²) in [5.74, 6) is -1.01. The molecule has 1 unspecified atom stereocenters. The summed E-state index contributed by atoms with van der Waals surface area (Å²) in [6, 6.07) is 6.54. The van der Waals surface area contributed by atoms with E-state index in [1.807, 2.05) is 0 Å². The molecular weight excluding hydrogens is 637 g/mol. The first-order chi connectivity index (χ1) is 19.0. The van der Waals surface area contributed by atoms with E-state index in [9.17, 15) is 28.9 Å². The highest BCUT2D eigenvalue weighted by Crippen LogP contribution is 2.49. The van der Waals surface area contributed by atoms with Crippen LogP contribution in [0.15, 0.2) is 45.0 Å². The minimum atomic E-state index is -4.97. The highest BCUT2D eigenvalue weighted by Gasteiger charge is 2.51. The number of hydrogen-bond acceptors (Lipinski definition) is 10. The van der Waals surface area contributed by atoms with E-state index in [1.54, 1.807) is 24.3 Å². The molecule has 2 aliphatic rings. The van der Waals surface area contributed by atoms with Gasteiger partial charge >= 0.3 is 19.5 Å². The first-order valence-corrected chi connectivity index (χ1v) is 15.1. The van der Waals surface area contributed by atoms with Crippen LogP contribution in [0.25, 0.3) is 6.08 Å². The Morgan fingerprint density at radius 1 is 1.32 bits per heavy atom. The van der Waals surface area contributed by atoms with Crippen molar-refractivity contribution in [3.63, 3.8) is 0 Å². The molecule has 0 spiro atoms. The van der Waals surface area contributed by atoms with Gasteiger partial charge in [-0.3, -0.25) is 28.6 Å². The monoisotopic (exact) mass is 663 g/mol. The van der Waals surface area contributed by atoms with Crippen LogP contribution >= 0.6 is 35.4 Å². The largest absolute Gasteiger partial charge is 0.529 e. The maximum Gasteiger partial charge on any atom is 0.529 e. The van der Waals surface area contributed by atoms with Crippen molar-refractivity contribution in [1.82, 2.24) is 9.55 Å². The molecule has 13 nitrogen and oxygen atoms in total. The molecule has 1 aliphatic carbocycles. The summed E-state index contributed by atoms with van der Waals surface area (Å²) in [5, 5.41) is 12.3. The topological polar surface area (TPSA) is 170 Å². The van der Waals surface area contributed by atoms with E-state index >= 15 is 0 Å². The number of aliphatic hydroxyl groups excluding tert-OH is 1. The van der Waals surface area contributed by atoms with Crippen LogP contribution < -0.4 is 16.3 Å². The van der Waals surface area contributed by atoms with Crippen molar-refractivity contribution in [2.24, 2.45) is 0 Å². The van der Waals surface area contributed by atoms with Crippen LogP contribution in [-0.2, 0) is 28.0 Å². The molecule has 1 aromatic heterocycles. The third-order valence-electron chi connectivity index (χ3n) is 6.80. The van der Waals surface area contributed by atoms with E-state index in [-0.39, 0.29) is 12.0 Å². The summed E-state index contributed by atoms with van der Waals surface area (Å²) < 4.78 is 29.6. The first kappa shape index (κ1) is 30.7. The minimum absolute atomic E-state index is 0.0695. The average Bonchev–Trinajstić information content (AvgIpc) is 3.54. The maximum atomic E-state index is 13.3. The van der Waals surface area contributed by atoms with Crippen molar-refractivity contribution in [2.45, 2.75) is 56.1 Å². The van der Waals surface area contributed by atoms with E-state index in [4.69, 9.17) is 30.2 Å². The number of phosphoric acid groups is 1. The number of hydrogen-bond donors (Lipinski definition) is 3. The van der Waals surface area contributed by atoms with Crippen molar-refractivity contribution in [1.29, 1.82) is 0 Å². The quantitative estimate of drug-likeness (QED) is 0.252. The average molecular weight is 665 g/mol. The van der Waals surface area contributed by atoms with Crippen LogP contribution in [0.3, 0.4) is 0 Å². The number of carbonyl (C=O) groups excluding carboxylic acids is 1. The number of nitrogens with one attached hydrogen (secondary N) is 1. The Balaban J connectivity index is 1.44. The van der Waals surface area contributed by atoms with Gasteiger partial charge in [-0.2, -0.15) is 0 Å². The molecule has 3 N–H and O–H groups in total. The van der Waals surface area contributed by atoms with Gasteiger partial charge in [-0.15, -0.1) is 0 Å². The van der Waals surface area contributed by atoms with Crippen LogP contribution in [0.4, 0.5) is 5.69 Å². The predicted octanol–water partition coefficient (Wildman–Crippen LogP) is 3.25. The van der Waals surface area contributed by atoms with Crippen LogP contribution in [0, 0.1) is 0 Å². The number of ether oxygens (including phenoxy) is 1. The van der Waals surface area contributed by atoms with Crippen LogP contribution in [0.5, 0.6) is 0 Å². The normalized spacial score (nSPS) is 23.8. The summed E-state index contributed by atoms with van der Waals surface area (Å²) in [6.45, 7) is -0.622. The number of hydroxylamine groups is 1. The molecule has 1 saturated carbocycles. The van der Waals surface area contributed by atoms with Crippen molar-refractivity contribution in [3.8, 4) is 0 Å². The zero-order chi connectivity index (χ0) is 29.1. The third kappa shape index (κ3) is 6.60. The van der Waals surface area contributed by atoms with Gasteiger partial charge in [0.05, 0.1) is 31.1 Å². The Morgan fingerprint density at radius 2 is 2.00 bits per heavy atom. The number of aromatic nitrogens is 2. The minimum Gasteiger partial charge on any atom is -0.390 e. The van der Waals surface area contributed by atoms with Gasteiger partial charge in [-0.05, 0) is 48.2 Å². The lowest BCUT2D eigenvalue weighted by atomic mass is 9.96. The number of halogens is 2. The fraction of sp³-hybridized carbons (Fsp3) is 0.458. The van der Waals surface area contributed by atoms with E-state index in [2.05, 4.69) is 20.9 Å². The Morgan fingerprint density at radius 3 is 2.62 bits per heavy atom. The van der Waals surface area contributed by atoms with Gasteiger partial charge in [0.2, 0.25) is 0 Å². The van der Waals surface area contributed by atoms with Crippen molar-refractivity contribution in [3.05, 3.63) is 66.9 Å². The van der Waals surface area contributed by atoms with Crippen molar-refractivity contribution >= 4 is 53.1 Å². The lowest BCUT2D eigenvalue weighted by molar-refractivity contribution is -0.145. The van der Waals surface area contributed by atoms with Gasteiger partial charge in [0.15, 0.2) is 5.54 Å². The molecule has 2 fully saturated rings. The fourth-order valence-corrected chi connectivity index (χ4v) is 6.05. The molecule has 16 heteroatoms. The van der Waals surface area contributed by atoms with Crippen molar-refractivity contribution < 1.29 is 38.0 Å². The van der Waals surface area contributed by atoms with E-state index in [0.717, 1.165) is 4.57 Å². The molecule has 1 aromatic carbocycles. The van der Waals surface area contributed by atoms with Crippen molar-refractivity contribution in [2.75, 3.05) is 18.8 Å². The Labute approximate surface area is 242 Å². The standard InChI is InChI=1S/C24H28BrClN3O10P/c1-36-29(17-6-4-16(26)5-7-17)24(9-2-3-10-24)22(32)39-40(34,35)37-14-19-18(30)12-20(38-19)28-13-15(8-11-25)21(31)27-23(28)33/h4-8,11,13,18-20,30H,2-3,9-10,12,14H2,1H3,(H,34,35)(H,27,31,33)/b11-8+/t18-,19+,20+/m0/s1. The Bertz CT molecular complexity index is 1410. The molecule has 4 atom stereocenters. The molecule has 2 heterocycles. The molecule has 4 rings (SSSR count). The number of H-pyrrole nitrogens is 1. The molecule has 0 amide bonds. The lowest BCUT2D eigenvalue weighted by Crippen LogP contribution is -2.53. The van der Waals surface area contributed by atoms with Crippen LogP contribution in [-0.4, -0.2) is 57.0 Å². The summed E-state index contributed by atoms with van der Waals surface area (Å²) in [5.41, 5.74) is -2.10. The van der Waals surface area contributed by atoms with Gasteiger partial charge in [-0.1, -0.05) is 40.4 Å². The van der Waals surface area contributed by atoms with Crippen LogP contribution in [0.1, 0.15) is 43.9 Å². The molecule has 1 aliphatic heterocycles. The van der Waals surface area contributed by atoms with Crippen LogP contribution in [0.2, 0.25) is 5.02 Å². The molecule has 0 bridgehead atoms. The SMILES string of the molecule is CON(c1ccc(Cl)cc1)C1(C(=O)OP(=O)(O)OC[C@H]2O[C@@H](n3cc(/C=C/Br)c(=O)[nH]c3=O)C[C@@H]2O)CCCC1. The number of nitrogens with zero attached hydrogens (tertiary/aromatic N) is 2. The van der Waals surface area contributed by atoms with E-state index in [0.29, 0.717) is 36.4 Å². The van der Waals surface area contributed by atoms with Gasteiger partial charge in [0.1, 0.15) is 12.3 Å². The van der Waals surface area contributed by atoms with E-state index < -0.39 is 55.6 Å². The number of rotatable bonds is 10. The maximum absolute atomic E-state index is 13.3. The summed E-state index contributed by atoms with van der Waals surface area (Å²) in [7, 11) is -3.60. The number of aliphatic hydroxyl groups is 1. The summed E-state index contributed by atoms with van der Waals surface area (Å²) >= 11 is 9.04. The molecule has 0 radical (unpaired) electrons. The molecule has 40 heavy (non-hydrogen) atoms. The molecular formula is C24H28BrClN3O10P. The highest BCUT2D eigenvalue weighted by atomic mass is 79.9. The highest BCUT2D eigenvalue weighted by molar-refractivity contribution is 9.11. The second kappa shape index (κ2) is 12.7. The number of benzene rings is 1. The number of aromatic amines is 1. The lowest BCUT2D eigenvalue weighted by Gasteiger charge is -2.38. The third-order valence-corrected chi connectivity index (χ3v) is 8.18. The van der Waals surface area contributed by atoms with Gasteiger partial charge in [0, 0.05) is 17.6 Å². The zero-order valence-corrected chi connectivity index (χ0v) is 24.5. The number of phosphoric ester groups is 1. The molecule has 218 valence electrons. The smallest absolute Gasteiger partial charge is 0.390 e. The van der Waals surface area contributed by atoms with E-state index in [1.165, 1.54) is 29.4 Å².